The van der Waals surface area contributed by atoms with Gasteiger partial charge in [-0.15, -0.1) is 0 Å². The molecule has 4 nitrogen and oxygen atoms in total. The first-order valence-corrected chi connectivity index (χ1v) is 7.85. The highest BCUT2D eigenvalue weighted by Gasteiger charge is 2.32. The second kappa shape index (κ2) is 7.05. The molecule has 2 atom stereocenters. The van der Waals surface area contributed by atoms with Crippen LogP contribution in [0.4, 0.5) is 0 Å². The second-order valence-corrected chi connectivity index (χ2v) is 6.30. The van der Waals surface area contributed by atoms with E-state index >= 15 is 0 Å². The Morgan fingerprint density at radius 2 is 2.05 bits per heavy atom. The number of nitrogens with zero attached hydrogens (tertiary/aromatic N) is 1. The number of hydrogen-bond acceptors (Lipinski definition) is 3. The first-order valence-electron chi connectivity index (χ1n) is 7.85. The molecule has 1 aromatic carbocycles. The number of aryl methyl sites for hydroxylation is 1. The minimum atomic E-state index is -0.278. The van der Waals surface area contributed by atoms with E-state index in [0.29, 0.717) is 6.04 Å². The van der Waals surface area contributed by atoms with Crippen LogP contribution in [0.25, 0.3) is 0 Å². The van der Waals surface area contributed by atoms with Crippen molar-refractivity contribution >= 4 is 5.91 Å². The van der Waals surface area contributed by atoms with Crippen molar-refractivity contribution in [2.75, 3.05) is 6.54 Å². The molecule has 4 heteroatoms. The Bertz CT molecular complexity index is 481. The maximum Gasteiger partial charge on any atom is 0.231 e. The van der Waals surface area contributed by atoms with Crippen molar-refractivity contribution in [3.05, 3.63) is 35.4 Å². The van der Waals surface area contributed by atoms with Crippen LogP contribution >= 0.6 is 0 Å². The van der Waals surface area contributed by atoms with Gasteiger partial charge in [-0.1, -0.05) is 42.7 Å². The summed E-state index contributed by atoms with van der Waals surface area (Å²) in [4.78, 5) is 13.8. The summed E-state index contributed by atoms with van der Waals surface area (Å²) in [5, 5.41) is 0. The number of carbonyl (C=O) groups is 1. The van der Waals surface area contributed by atoms with Gasteiger partial charge in [0.2, 0.25) is 5.91 Å². The van der Waals surface area contributed by atoms with Gasteiger partial charge in [0.1, 0.15) is 0 Å². The monoisotopic (exact) mass is 289 g/mol. The smallest absolute Gasteiger partial charge is 0.231 e. The molecule has 1 saturated carbocycles. The predicted octanol–water partition coefficient (Wildman–Crippen LogP) is 2.11. The average molecular weight is 289 g/mol. The van der Waals surface area contributed by atoms with E-state index < -0.39 is 0 Å². The Morgan fingerprint density at radius 1 is 1.38 bits per heavy atom. The van der Waals surface area contributed by atoms with Gasteiger partial charge in [0.15, 0.2) is 0 Å². The largest absolute Gasteiger partial charge is 0.369 e. The summed E-state index contributed by atoms with van der Waals surface area (Å²) in [6.45, 7) is 4.37. The third-order valence-electron chi connectivity index (χ3n) is 4.37. The first-order chi connectivity index (χ1) is 9.99. The number of hydrogen-bond donors (Lipinski definition) is 2. The van der Waals surface area contributed by atoms with Crippen LogP contribution < -0.4 is 11.5 Å². The molecule has 116 valence electrons. The molecule has 0 aromatic heterocycles. The normalized spacial score (nSPS) is 18.9. The molecule has 1 amide bonds. The fraction of sp³-hybridized carbons (Fsp3) is 0.588. The van der Waals surface area contributed by atoms with Crippen LogP contribution in [0.2, 0.25) is 0 Å². The van der Waals surface area contributed by atoms with Gasteiger partial charge in [-0.05, 0) is 32.3 Å². The summed E-state index contributed by atoms with van der Waals surface area (Å²) in [7, 11) is 0. The Labute approximate surface area is 127 Å². The third-order valence-corrected chi connectivity index (χ3v) is 4.37. The van der Waals surface area contributed by atoms with Crippen LogP contribution in [0.1, 0.15) is 49.8 Å². The van der Waals surface area contributed by atoms with E-state index in [0.717, 1.165) is 12.8 Å². The fourth-order valence-electron chi connectivity index (χ4n) is 3.52. The van der Waals surface area contributed by atoms with E-state index in [4.69, 9.17) is 11.5 Å². The molecular weight excluding hydrogens is 262 g/mol. The van der Waals surface area contributed by atoms with Crippen molar-refractivity contribution in [2.24, 2.45) is 11.5 Å². The van der Waals surface area contributed by atoms with Gasteiger partial charge in [-0.3, -0.25) is 9.69 Å². The van der Waals surface area contributed by atoms with Crippen LogP contribution in [0, 0.1) is 6.92 Å². The Morgan fingerprint density at radius 3 is 2.57 bits per heavy atom. The van der Waals surface area contributed by atoms with Crippen LogP contribution in [-0.4, -0.2) is 29.4 Å². The molecule has 1 fully saturated rings. The highest BCUT2D eigenvalue weighted by atomic mass is 16.1. The molecule has 0 bridgehead atoms. The van der Waals surface area contributed by atoms with Crippen LogP contribution in [0.5, 0.6) is 0 Å². The maximum atomic E-state index is 11.5. The van der Waals surface area contributed by atoms with Crippen molar-refractivity contribution in [3.63, 3.8) is 0 Å². The lowest BCUT2D eigenvalue weighted by Crippen LogP contribution is -2.47. The van der Waals surface area contributed by atoms with E-state index in [1.54, 1.807) is 0 Å². The van der Waals surface area contributed by atoms with Crippen molar-refractivity contribution in [2.45, 2.75) is 57.7 Å². The molecule has 0 heterocycles. The number of primary amides is 1. The summed E-state index contributed by atoms with van der Waals surface area (Å²) >= 11 is 0. The quantitative estimate of drug-likeness (QED) is 0.842. The average Bonchev–Trinajstić information content (AvgIpc) is 2.90. The number of carbonyl (C=O) groups excluding carboxylic acids is 1. The van der Waals surface area contributed by atoms with Gasteiger partial charge in [0, 0.05) is 12.1 Å². The minimum Gasteiger partial charge on any atom is -0.369 e. The zero-order valence-corrected chi connectivity index (χ0v) is 13.1. The molecule has 2 unspecified atom stereocenters. The topological polar surface area (TPSA) is 72.3 Å². The minimum absolute atomic E-state index is 0.0421. The van der Waals surface area contributed by atoms with E-state index in [1.165, 1.54) is 24.0 Å². The van der Waals surface area contributed by atoms with Crippen molar-refractivity contribution in [1.29, 1.82) is 0 Å². The molecule has 21 heavy (non-hydrogen) atoms. The molecule has 0 radical (unpaired) electrons. The molecule has 1 aliphatic carbocycles. The van der Waals surface area contributed by atoms with E-state index in [2.05, 4.69) is 36.1 Å². The third kappa shape index (κ3) is 4.05. The van der Waals surface area contributed by atoms with Gasteiger partial charge in [-0.25, -0.2) is 0 Å². The van der Waals surface area contributed by atoms with Crippen molar-refractivity contribution < 1.29 is 4.79 Å². The molecule has 1 aliphatic rings. The number of benzene rings is 1. The summed E-state index contributed by atoms with van der Waals surface area (Å²) in [6.07, 6.45) is 4.70. The zero-order chi connectivity index (χ0) is 15.4. The SMILES string of the molecule is Cc1cccc(C(C(C)N)N(CC(N)=O)C2CCCC2)c1. The predicted molar refractivity (Wildman–Crippen MR) is 85.7 cm³/mol. The maximum absolute atomic E-state index is 11.5. The van der Waals surface area contributed by atoms with E-state index in [-0.39, 0.29) is 24.5 Å². The van der Waals surface area contributed by atoms with Crippen LogP contribution in [-0.2, 0) is 4.79 Å². The lowest BCUT2D eigenvalue weighted by Gasteiger charge is -2.38. The molecule has 2 rings (SSSR count). The van der Waals surface area contributed by atoms with E-state index in [9.17, 15) is 4.79 Å². The molecule has 0 saturated heterocycles. The lowest BCUT2D eigenvalue weighted by molar-refractivity contribution is -0.120. The van der Waals surface area contributed by atoms with Gasteiger partial charge in [0.05, 0.1) is 12.6 Å². The highest BCUT2D eigenvalue weighted by molar-refractivity contribution is 5.76. The molecule has 0 aliphatic heterocycles. The molecule has 0 spiro atoms. The standard InChI is InChI=1S/C17H27N3O/c1-12-6-5-7-14(10-12)17(13(2)18)20(11-16(19)21)15-8-3-4-9-15/h5-7,10,13,15,17H,3-4,8-9,11,18H2,1-2H3,(H2,19,21). The van der Waals surface area contributed by atoms with Gasteiger partial charge in [-0.2, -0.15) is 0 Å². The number of amides is 1. The lowest BCUT2D eigenvalue weighted by atomic mass is 9.95. The summed E-state index contributed by atoms with van der Waals surface area (Å²) in [6, 6.07) is 8.80. The van der Waals surface area contributed by atoms with E-state index in [1.807, 2.05) is 6.92 Å². The Balaban J connectivity index is 2.33. The summed E-state index contributed by atoms with van der Waals surface area (Å²) in [5.74, 6) is -0.278. The number of nitrogens with two attached hydrogens (primary N) is 2. The number of rotatable bonds is 6. The highest BCUT2D eigenvalue weighted by Crippen LogP contribution is 2.32. The van der Waals surface area contributed by atoms with Crippen molar-refractivity contribution in [3.8, 4) is 0 Å². The Kier molecular flexibility index (Phi) is 5.37. The fourth-order valence-corrected chi connectivity index (χ4v) is 3.52. The second-order valence-electron chi connectivity index (χ2n) is 6.30. The van der Waals surface area contributed by atoms with Crippen LogP contribution in [0.3, 0.4) is 0 Å². The zero-order valence-electron chi connectivity index (χ0n) is 13.1. The van der Waals surface area contributed by atoms with Gasteiger partial charge in [0.25, 0.3) is 0 Å². The first kappa shape index (κ1) is 16.0. The molecule has 4 N–H and O–H groups in total. The van der Waals surface area contributed by atoms with Crippen molar-refractivity contribution in [1.82, 2.24) is 4.90 Å². The molecular formula is C17H27N3O. The van der Waals surface area contributed by atoms with Crippen LogP contribution in [0.15, 0.2) is 24.3 Å². The summed E-state index contributed by atoms with van der Waals surface area (Å²) in [5.41, 5.74) is 14.1. The van der Waals surface area contributed by atoms with Gasteiger partial charge < -0.3 is 11.5 Å². The molecule has 1 aromatic rings. The summed E-state index contributed by atoms with van der Waals surface area (Å²) < 4.78 is 0. The van der Waals surface area contributed by atoms with Gasteiger partial charge >= 0.3 is 0 Å². The Hall–Kier alpha value is -1.39.